The predicted octanol–water partition coefficient (Wildman–Crippen LogP) is 3.76. The molecule has 4 bridgehead atoms. The Morgan fingerprint density at radius 1 is 1.00 bits per heavy atom. The van der Waals surface area contributed by atoms with Crippen LogP contribution in [0.25, 0.3) is 0 Å². The van der Waals surface area contributed by atoms with E-state index in [9.17, 15) is 0 Å². The van der Waals surface area contributed by atoms with E-state index >= 15 is 0 Å². The van der Waals surface area contributed by atoms with Gasteiger partial charge in [-0.15, -0.1) is 0 Å². The SMILES string of the molecule is C(/CCC1C2CC3CC(C2)CC1C3)=C1/CCNC1. The smallest absolute Gasteiger partial charge is 0.0165 e. The molecule has 5 aliphatic rings. The third kappa shape index (κ3) is 2.05. The molecule has 0 aromatic rings. The number of hydrogen-bond donors (Lipinski definition) is 1. The Balaban J connectivity index is 1.36. The van der Waals surface area contributed by atoms with Crippen LogP contribution in [0, 0.1) is 29.6 Å². The largest absolute Gasteiger partial charge is 0.313 e. The Labute approximate surface area is 111 Å². The van der Waals surface area contributed by atoms with Crippen molar-refractivity contribution in [3.8, 4) is 0 Å². The van der Waals surface area contributed by atoms with E-state index in [1.165, 1.54) is 32.4 Å². The maximum atomic E-state index is 3.44. The third-order valence-corrected chi connectivity index (χ3v) is 6.33. The highest BCUT2D eigenvalue weighted by Crippen LogP contribution is 2.57. The van der Waals surface area contributed by atoms with E-state index in [1.54, 1.807) is 37.7 Å². The maximum Gasteiger partial charge on any atom is 0.0165 e. The molecule has 0 unspecified atom stereocenters. The van der Waals surface area contributed by atoms with Gasteiger partial charge in [-0.25, -0.2) is 0 Å². The predicted molar refractivity (Wildman–Crippen MR) is 75.3 cm³/mol. The van der Waals surface area contributed by atoms with Crippen molar-refractivity contribution in [1.29, 1.82) is 0 Å². The minimum absolute atomic E-state index is 1.10. The molecule has 5 fully saturated rings. The second kappa shape index (κ2) is 4.67. The Kier molecular flexibility index (Phi) is 2.99. The van der Waals surface area contributed by atoms with E-state index in [2.05, 4.69) is 11.4 Å². The van der Waals surface area contributed by atoms with Crippen LogP contribution in [0.2, 0.25) is 0 Å². The van der Waals surface area contributed by atoms with Gasteiger partial charge in [0, 0.05) is 6.54 Å². The highest BCUT2D eigenvalue weighted by atomic mass is 14.9. The maximum absolute atomic E-state index is 3.44. The van der Waals surface area contributed by atoms with E-state index < -0.39 is 0 Å². The van der Waals surface area contributed by atoms with Crippen LogP contribution in [0.3, 0.4) is 0 Å². The summed E-state index contributed by atoms with van der Waals surface area (Å²) < 4.78 is 0. The first-order chi connectivity index (χ1) is 8.88. The van der Waals surface area contributed by atoms with Gasteiger partial charge in [-0.3, -0.25) is 0 Å². The van der Waals surface area contributed by atoms with Crippen LogP contribution >= 0.6 is 0 Å². The molecule has 4 aliphatic carbocycles. The fourth-order valence-corrected chi connectivity index (χ4v) is 5.75. The molecule has 0 amide bonds. The first-order valence-corrected chi connectivity index (χ1v) is 8.27. The molecule has 4 saturated carbocycles. The van der Waals surface area contributed by atoms with E-state index in [0.29, 0.717) is 0 Å². The molecule has 1 N–H and O–H groups in total. The lowest BCUT2D eigenvalue weighted by atomic mass is 9.51. The van der Waals surface area contributed by atoms with Crippen LogP contribution in [-0.2, 0) is 0 Å². The second-order valence-electron chi connectivity index (χ2n) is 7.46. The Morgan fingerprint density at radius 2 is 1.72 bits per heavy atom. The quantitative estimate of drug-likeness (QED) is 0.747. The standard InChI is InChI=1S/C17H27N/c1(2-12-4-5-18-11-12)3-17-15-7-13-6-14(9-15)10-16(17)8-13/h2,13-18H,1,3-11H2/b12-2+. The number of allylic oxidation sites excluding steroid dienone is 1. The fourth-order valence-electron chi connectivity index (χ4n) is 5.75. The van der Waals surface area contributed by atoms with Gasteiger partial charge in [0.2, 0.25) is 0 Å². The minimum atomic E-state index is 1.10. The van der Waals surface area contributed by atoms with Crippen molar-refractivity contribution < 1.29 is 0 Å². The fraction of sp³-hybridized carbons (Fsp3) is 0.882. The van der Waals surface area contributed by atoms with Crippen molar-refractivity contribution in [2.75, 3.05) is 13.1 Å². The number of hydrogen-bond acceptors (Lipinski definition) is 1. The lowest BCUT2D eigenvalue weighted by Crippen LogP contribution is -2.44. The van der Waals surface area contributed by atoms with Gasteiger partial charge in [0.05, 0.1) is 0 Å². The molecule has 18 heavy (non-hydrogen) atoms. The highest BCUT2D eigenvalue weighted by molar-refractivity contribution is 5.09. The molecule has 0 aromatic carbocycles. The molecule has 0 spiro atoms. The van der Waals surface area contributed by atoms with Gasteiger partial charge in [0.1, 0.15) is 0 Å². The van der Waals surface area contributed by atoms with Crippen LogP contribution in [0.5, 0.6) is 0 Å². The van der Waals surface area contributed by atoms with Gasteiger partial charge in [-0.2, -0.15) is 0 Å². The number of rotatable bonds is 3. The van der Waals surface area contributed by atoms with Gasteiger partial charge >= 0.3 is 0 Å². The number of nitrogens with one attached hydrogen (secondary N) is 1. The van der Waals surface area contributed by atoms with Crippen molar-refractivity contribution in [3.05, 3.63) is 11.6 Å². The molecule has 0 radical (unpaired) electrons. The summed E-state index contributed by atoms with van der Waals surface area (Å²) in [6, 6.07) is 0. The molecule has 1 heteroatoms. The van der Waals surface area contributed by atoms with E-state index in [0.717, 1.165) is 29.6 Å². The zero-order valence-electron chi connectivity index (χ0n) is 11.5. The Morgan fingerprint density at radius 3 is 2.33 bits per heavy atom. The summed E-state index contributed by atoms with van der Waals surface area (Å²) in [6.45, 7) is 2.38. The summed E-state index contributed by atoms with van der Waals surface area (Å²) in [6.07, 6.45) is 14.7. The van der Waals surface area contributed by atoms with Crippen LogP contribution in [0.4, 0.5) is 0 Å². The van der Waals surface area contributed by atoms with Gasteiger partial charge in [0.25, 0.3) is 0 Å². The van der Waals surface area contributed by atoms with E-state index in [4.69, 9.17) is 0 Å². The third-order valence-electron chi connectivity index (χ3n) is 6.33. The topological polar surface area (TPSA) is 12.0 Å². The van der Waals surface area contributed by atoms with Crippen molar-refractivity contribution >= 4 is 0 Å². The molecule has 1 saturated heterocycles. The average Bonchev–Trinajstić information content (AvgIpc) is 2.85. The van der Waals surface area contributed by atoms with Crippen LogP contribution in [0.1, 0.15) is 51.4 Å². The second-order valence-corrected chi connectivity index (χ2v) is 7.46. The monoisotopic (exact) mass is 245 g/mol. The van der Waals surface area contributed by atoms with Gasteiger partial charge in [-0.1, -0.05) is 11.6 Å². The van der Waals surface area contributed by atoms with Crippen molar-refractivity contribution in [1.82, 2.24) is 5.32 Å². The molecule has 1 aliphatic heterocycles. The minimum Gasteiger partial charge on any atom is -0.313 e. The first kappa shape index (κ1) is 11.5. The molecule has 5 rings (SSSR count). The summed E-state index contributed by atoms with van der Waals surface area (Å²) in [5, 5.41) is 3.44. The lowest BCUT2D eigenvalue weighted by Gasteiger charge is -2.54. The van der Waals surface area contributed by atoms with Gasteiger partial charge in [-0.05, 0) is 87.5 Å². The first-order valence-electron chi connectivity index (χ1n) is 8.27. The summed E-state index contributed by atoms with van der Waals surface area (Å²) in [4.78, 5) is 0. The molecular weight excluding hydrogens is 218 g/mol. The molecule has 100 valence electrons. The molecular formula is C17H27N. The van der Waals surface area contributed by atoms with E-state index in [1.807, 2.05) is 0 Å². The zero-order chi connectivity index (χ0) is 11.9. The normalized spacial score (nSPS) is 48.2. The lowest BCUT2D eigenvalue weighted by molar-refractivity contribution is -0.0391. The highest BCUT2D eigenvalue weighted by Gasteiger charge is 2.47. The van der Waals surface area contributed by atoms with E-state index in [-0.39, 0.29) is 0 Å². The zero-order valence-corrected chi connectivity index (χ0v) is 11.5. The Bertz CT molecular complexity index is 308. The summed E-state index contributed by atoms with van der Waals surface area (Å²) in [5.74, 6) is 5.63. The van der Waals surface area contributed by atoms with Crippen molar-refractivity contribution in [3.63, 3.8) is 0 Å². The molecule has 0 atom stereocenters. The van der Waals surface area contributed by atoms with Crippen LogP contribution in [-0.4, -0.2) is 13.1 Å². The average molecular weight is 245 g/mol. The van der Waals surface area contributed by atoms with Gasteiger partial charge in [0.15, 0.2) is 0 Å². The van der Waals surface area contributed by atoms with Crippen LogP contribution in [0.15, 0.2) is 11.6 Å². The summed E-state index contributed by atoms with van der Waals surface area (Å²) in [7, 11) is 0. The summed E-state index contributed by atoms with van der Waals surface area (Å²) in [5.41, 5.74) is 1.68. The van der Waals surface area contributed by atoms with Crippen molar-refractivity contribution in [2.45, 2.75) is 51.4 Å². The summed E-state index contributed by atoms with van der Waals surface area (Å²) >= 11 is 0. The molecule has 0 aromatic heterocycles. The molecule has 1 nitrogen and oxygen atoms in total. The van der Waals surface area contributed by atoms with Gasteiger partial charge < -0.3 is 5.32 Å². The van der Waals surface area contributed by atoms with Crippen LogP contribution < -0.4 is 5.32 Å². The Hall–Kier alpha value is -0.300. The molecule has 1 heterocycles. The van der Waals surface area contributed by atoms with Crippen molar-refractivity contribution in [2.24, 2.45) is 29.6 Å².